The highest BCUT2D eigenvalue weighted by molar-refractivity contribution is 5.68. The van der Waals surface area contributed by atoms with E-state index < -0.39 is 0 Å². The molecule has 4 nitrogen and oxygen atoms in total. The number of hydrogen-bond acceptors (Lipinski definition) is 3. The van der Waals surface area contributed by atoms with Crippen LogP contribution in [0.1, 0.15) is 19.3 Å². The van der Waals surface area contributed by atoms with Gasteiger partial charge in [-0.15, -0.1) is 0 Å². The van der Waals surface area contributed by atoms with Gasteiger partial charge in [0.1, 0.15) is 6.10 Å². The van der Waals surface area contributed by atoms with Crippen molar-refractivity contribution in [2.24, 2.45) is 11.7 Å². The summed E-state index contributed by atoms with van der Waals surface area (Å²) in [6, 6.07) is 0. The molecule has 0 bridgehead atoms. The average molecular weight is 184 g/mol. The zero-order valence-corrected chi connectivity index (χ0v) is 7.74. The number of carbonyl (C=O) groups is 1. The predicted octanol–water partition coefficient (Wildman–Crippen LogP) is 0.566. The minimum absolute atomic E-state index is 0.173. The Balaban J connectivity index is 1.97. The molecule has 2 fully saturated rings. The van der Waals surface area contributed by atoms with Crippen LogP contribution in [-0.4, -0.2) is 36.7 Å². The maximum atomic E-state index is 11.4. The van der Waals surface area contributed by atoms with E-state index in [9.17, 15) is 4.79 Å². The molecule has 1 heterocycles. The molecule has 0 aromatic carbocycles. The lowest BCUT2D eigenvalue weighted by atomic mass is 10.0. The van der Waals surface area contributed by atoms with Gasteiger partial charge in [0.2, 0.25) is 0 Å². The summed E-state index contributed by atoms with van der Waals surface area (Å²) in [6.45, 7) is 2.00. The molecule has 1 saturated heterocycles. The van der Waals surface area contributed by atoms with Crippen molar-refractivity contribution in [3.8, 4) is 0 Å². The van der Waals surface area contributed by atoms with Crippen molar-refractivity contribution in [1.82, 2.24) is 4.90 Å². The third-order valence-electron chi connectivity index (χ3n) is 2.95. The van der Waals surface area contributed by atoms with Crippen LogP contribution in [0.15, 0.2) is 0 Å². The van der Waals surface area contributed by atoms with Crippen LogP contribution in [0.3, 0.4) is 0 Å². The summed E-state index contributed by atoms with van der Waals surface area (Å²) in [6.07, 6.45) is 3.46. The molecule has 74 valence electrons. The number of nitrogens with two attached hydrogens (primary N) is 1. The summed E-state index contributed by atoms with van der Waals surface area (Å²) in [7, 11) is 0. The van der Waals surface area contributed by atoms with Gasteiger partial charge in [-0.1, -0.05) is 0 Å². The van der Waals surface area contributed by atoms with E-state index >= 15 is 0 Å². The number of rotatable bonds is 2. The van der Waals surface area contributed by atoms with Crippen LogP contribution in [0.2, 0.25) is 0 Å². The largest absolute Gasteiger partial charge is 0.446 e. The smallest absolute Gasteiger partial charge is 0.410 e. The Kier molecular flexibility index (Phi) is 2.40. The van der Waals surface area contributed by atoms with Crippen LogP contribution in [0.5, 0.6) is 0 Å². The Morgan fingerprint density at radius 1 is 1.54 bits per heavy atom. The number of nitrogens with zero attached hydrogens (tertiary/aromatic N) is 1. The van der Waals surface area contributed by atoms with Crippen molar-refractivity contribution >= 4 is 6.09 Å². The topological polar surface area (TPSA) is 55.6 Å². The second-order valence-corrected chi connectivity index (χ2v) is 3.85. The molecule has 4 heteroatoms. The van der Waals surface area contributed by atoms with Gasteiger partial charge in [0.25, 0.3) is 0 Å². The molecule has 2 N–H and O–H groups in total. The summed E-state index contributed by atoms with van der Waals surface area (Å²) < 4.78 is 5.31. The lowest BCUT2D eigenvalue weighted by Gasteiger charge is -2.34. The Morgan fingerprint density at radius 2 is 2.38 bits per heavy atom. The van der Waals surface area contributed by atoms with E-state index in [1.165, 1.54) is 12.8 Å². The van der Waals surface area contributed by atoms with Crippen molar-refractivity contribution in [3.05, 3.63) is 0 Å². The molecule has 0 radical (unpaired) electrons. The number of ether oxygens (including phenoxy) is 1. The van der Waals surface area contributed by atoms with Gasteiger partial charge in [0.15, 0.2) is 0 Å². The molecular weight excluding hydrogens is 168 g/mol. The standard InChI is InChI=1S/C9H16N2O2/c10-4-5-11-6-7-2-1-3-8(7)13-9(11)12/h7-8H,1-6,10H2. The molecule has 2 unspecified atom stereocenters. The fourth-order valence-corrected chi connectivity index (χ4v) is 2.27. The summed E-state index contributed by atoms with van der Waals surface area (Å²) in [4.78, 5) is 13.1. The maximum Gasteiger partial charge on any atom is 0.410 e. The van der Waals surface area contributed by atoms with Gasteiger partial charge in [-0.05, 0) is 19.3 Å². The number of amides is 1. The van der Waals surface area contributed by atoms with Crippen molar-refractivity contribution in [2.45, 2.75) is 25.4 Å². The number of hydrogen-bond donors (Lipinski definition) is 1. The summed E-state index contributed by atoms with van der Waals surface area (Å²) in [5, 5.41) is 0. The van der Waals surface area contributed by atoms with E-state index in [2.05, 4.69) is 0 Å². The summed E-state index contributed by atoms with van der Waals surface area (Å²) in [5.74, 6) is 0.559. The fraction of sp³-hybridized carbons (Fsp3) is 0.889. The molecule has 13 heavy (non-hydrogen) atoms. The molecule has 0 spiro atoms. The molecule has 2 atom stereocenters. The average Bonchev–Trinajstić information content (AvgIpc) is 2.52. The second kappa shape index (κ2) is 3.54. The minimum atomic E-state index is -0.173. The van der Waals surface area contributed by atoms with E-state index in [1.54, 1.807) is 4.90 Å². The normalized spacial score (nSPS) is 33.0. The fourth-order valence-electron chi connectivity index (χ4n) is 2.27. The third-order valence-corrected chi connectivity index (χ3v) is 2.95. The lowest BCUT2D eigenvalue weighted by Crippen LogP contribution is -2.47. The van der Waals surface area contributed by atoms with Gasteiger partial charge in [0, 0.05) is 25.6 Å². The number of carbonyl (C=O) groups excluding carboxylic acids is 1. The Labute approximate surface area is 78.0 Å². The first-order valence-electron chi connectivity index (χ1n) is 4.97. The zero-order chi connectivity index (χ0) is 9.26. The summed E-state index contributed by atoms with van der Waals surface area (Å²) in [5.41, 5.74) is 5.41. The second-order valence-electron chi connectivity index (χ2n) is 3.85. The van der Waals surface area contributed by atoms with Gasteiger partial charge in [0.05, 0.1) is 0 Å². The van der Waals surface area contributed by atoms with Crippen molar-refractivity contribution in [2.75, 3.05) is 19.6 Å². The lowest BCUT2D eigenvalue weighted by molar-refractivity contribution is 0.00302. The van der Waals surface area contributed by atoms with Gasteiger partial charge in [-0.3, -0.25) is 0 Å². The Bertz CT molecular complexity index is 208. The monoisotopic (exact) mass is 184 g/mol. The zero-order valence-electron chi connectivity index (χ0n) is 7.74. The maximum absolute atomic E-state index is 11.4. The molecule has 1 amide bonds. The van der Waals surface area contributed by atoms with E-state index in [0.717, 1.165) is 13.0 Å². The molecule has 2 aliphatic rings. The van der Waals surface area contributed by atoms with Crippen molar-refractivity contribution < 1.29 is 9.53 Å². The highest BCUT2D eigenvalue weighted by Crippen LogP contribution is 2.32. The van der Waals surface area contributed by atoms with Gasteiger partial charge in [-0.25, -0.2) is 4.79 Å². The summed E-state index contributed by atoms with van der Waals surface area (Å²) >= 11 is 0. The first-order valence-corrected chi connectivity index (χ1v) is 4.97. The van der Waals surface area contributed by atoms with E-state index in [4.69, 9.17) is 10.5 Å². The third kappa shape index (κ3) is 1.63. The first kappa shape index (κ1) is 8.81. The molecule has 0 aromatic heterocycles. The van der Waals surface area contributed by atoms with E-state index in [-0.39, 0.29) is 12.2 Å². The Hall–Kier alpha value is -0.770. The Morgan fingerprint density at radius 3 is 3.15 bits per heavy atom. The molecule has 2 rings (SSSR count). The van der Waals surface area contributed by atoms with Gasteiger partial charge >= 0.3 is 6.09 Å². The predicted molar refractivity (Wildman–Crippen MR) is 48.2 cm³/mol. The van der Waals surface area contributed by atoms with Crippen LogP contribution in [0.25, 0.3) is 0 Å². The minimum Gasteiger partial charge on any atom is -0.446 e. The van der Waals surface area contributed by atoms with Crippen molar-refractivity contribution in [3.63, 3.8) is 0 Å². The van der Waals surface area contributed by atoms with Crippen LogP contribution in [0.4, 0.5) is 4.79 Å². The SMILES string of the molecule is NCCN1CC2CCCC2OC1=O. The highest BCUT2D eigenvalue weighted by Gasteiger charge is 2.37. The molecular formula is C9H16N2O2. The van der Waals surface area contributed by atoms with Crippen LogP contribution in [0, 0.1) is 5.92 Å². The first-order chi connectivity index (χ1) is 6.31. The molecule has 1 saturated carbocycles. The van der Waals surface area contributed by atoms with E-state index in [1.807, 2.05) is 0 Å². The molecule has 1 aliphatic heterocycles. The highest BCUT2D eigenvalue weighted by atomic mass is 16.6. The van der Waals surface area contributed by atoms with Crippen LogP contribution in [-0.2, 0) is 4.74 Å². The quantitative estimate of drug-likeness (QED) is 0.682. The number of fused-ring (bicyclic) bond motifs is 1. The van der Waals surface area contributed by atoms with Gasteiger partial charge < -0.3 is 15.4 Å². The van der Waals surface area contributed by atoms with Crippen molar-refractivity contribution in [1.29, 1.82) is 0 Å². The van der Waals surface area contributed by atoms with Crippen LogP contribution < -0.4 is 5.73 Å². The van der Waals surface area contributed by atoms with E-state index in [0.29, 0.717) is 19.0 Å². The molecule has 0 aromatic rings. The molecule has 1 aliphatic carbocycles. The van der Waals surface area contributed by atoms with Gasteiger partial charge in [-0.2, -0.15) is 0 Å². The van der Waals surface area contributed by atoms with Crippen LogP contribution >= 0.6 is 0 Å².